The standard InChI is InChI=1S/C61H96N14O20/c1-13-31(4)42(72-51(82)38(20-17-25-65-59(63)64)68-52(83)39(26-30(2)3)69-56(87)46(48(79)33(6)92-11)67-34(7)95-61(8,9)10)55(86)73-43(32(5)77)54(85)66-27-41(78)71-47(49(80)50(62)81)57(88)70-40(28-76)53(84)74-44(36-21-23-37(93-12)24-22-36)45(58(89)90)75-60(91)94-29-35-18-15-14-16-19-35/h14-16,18-19,21-24,30-33,38-40,42-49,67,76-77,79-80H,7,13,17,20,25-29H2,1-6,8-12H3,(H2,62,81)(H,66,85)(H,68,83)(H,69,87)(H,70,88)(H,71,78)(H,72,82)(H,73,86)(H,74,84)(H,75,91)(H,89,90)(H4,63,64,65)/t31-,32-,33?,38+,39-,40-,42?,43-,44-,45+,46-,47-,48+,49-/m0/s1. The van der Waals surface area contributed by atoms with Crippen LogP contribution in [0.4, 0.5) is 4.79 Å². The normalized spacial score (nSPS) is 15.7. The van der Waals surface area contributed by atoms with Gasteiger partial charge in [-0.25, -0.2) is 9.59 Å². The smallest absolute Gasteiger partial charge is 0.408 e. The summed E-state index contributed by atoms with van der Waals surface area (Å²) in [5.41, 5.74) is 10.6. The van der Waals surface area contributed by atoms with E-state index in [2.05, 4.69) is 54.4 Å². The molecular weight excluding hydrogens is 1250 g/mol. The number of alkyl carbamates (subject to hydrolysis) is 1. The number of hydrogen-bond acceptors (Lipinski definition) is 21. The molecule has 530 valence electrons. The van der Waals surface area contributed by atoms with Crippen LogP contribution in [0.1, 0.15) is 105 Å². The molecule has 10 amide bonds. The SMILES string of the molecule is C=C(N[C@H](C(=O)N[C@@H](CC(C)C)C(=O)N[C@H](CCCNC(=N)N)C(=O)NC(C(=O)N[C@H](C(=O)NCC(=O)N[C@H](C(=O)N[C@@H](CO)C(=O)N[C@@H](c1ccc(OC)cc1)[C@@H](NC(=O)OCc1ccccc1)C(=O)O)[C@H](O)C(N)=O)[C@H](C)O)[C@@H](C)CC)[C@H](O)C(C)OC)OC(C)(C)C. The molecule has 0 aliphatic heterocycles. The van der Waals surface area contributed by atoms with Gasteiger partial charge in [-0.05, 0) is 95.6 Å². The molecule has 95 heavy (non-hydrogen) atoms. The highest BCUT2D eigenvalue weighted by Gasteiger charge is 2.41. The Morgan fingerprint density at radius 2 is 1.20 bits per heavy atom. The first-order valence-corrected chi connectivity index (χ1v) is 30.4. The quantitative estimate of drug-likeness (QED) is 0.0133. The van der Waals surface area contributed by atoms with Crippen molar-refractivity contribution >= 4 is 71.2 Å². The largest absolute Gasteiger partial charge is 0.497 e. The Labute approximate surface area is 550 Å². The number of ether oxygens (including phenoxy) is 4. The lowest BCUT2D eigenvalue weighted by Crippen LogP contribution is -2.63. The zero-order valence-corrected chi connectivity index (χ0v) is 55.2. The Balaban J connectivity index is 2.38. The molecule has 34 nitrogen and oxygen atoms in total. The Morgan fingerprint density at radius 1 is 0.642 bits per heavy atom. The number of primary amides is 1. The highest BCUT2D eigenvalue weighted by Crippen LogP contribution is 2.23. The van der Waals surface area contributed by atoms with Gasteiger partial charge in [-0.15, -0.1) is 0 Å². The fourth-order valence-electron chi connectivity index (χ4n) is 8.94. The summed E-state index contributed by atoms with van der Waals surface area (Å²) in [7, 11) is 2.67. The molecule has 2 aromatic carbocycles. The summed E-state index contributed by atoms with van der Waals surface area (Å²) in [6.07, 6.45) is -7.71. The van der Waals surface area contributed by atoms with Gasteiger partial charge in [-0.2, -0.15) is 0 Å². The minimum absolute atomic E-state index is 0.0180. The van der Waals surface area contributed by atoms with E-state index in [-0.39, 0.29) is 62.2 Å². The van der Waals surface area contributed by atoms with Gasteiger partial charge in [0, 0.05) is 13.7 Å². The average Bonchev–Trinajstić information content (AvgIpc) is 0.866. The van der Waals surface area contributed by atoms with Crippen LogP contribution in [0, 0.1) is 17.2 Å². The van der Waals surface area contributed by atoms with Crippen LogP contribution in [0.3, 0.4) is 0 Å². The lowest BCUT2D eigenvalue weighted by Gasteiger charge is -2.32. The summed E-state index contributed by atoms with van der Waals surface area (Å²) in [5, 5.41) is 87.3. The molecule has 0 bridgehead atoms. The predicted octanol–water partition coefficient (Wildman–Crippen LogP) is -3.53. The molecule has 0 aliphatic rings. The van der Waals surface area contributed by atoms with E-state index < -0.39 is 169 Å². The molecular formula is C61H96N14O20. The molecule has 0 aromatic heterocycles. The van der Waals surface area contributed by atoms with Crippen molar-refractivity contribution in [3.63, 3.8) is 0 Å². The number of amides is 10. The van der Waals surface area contributed by atoms with Crippen molar-refractivity contribution in [2.45, 2.75) is 179 Å². The number of aliphatic hydroxyl groups is 4. The molecule has 0 aliphatic carbocycles. The van der Waals surface area contributed by atoms with Gasteiger partial charge in [0.05, 0.1) is 38.5 Å². The molecule has 2 aromatic rings. The fourth-order valence-corrected chi connectivity index (χ4v) is 8.94. The van der Waals surface area contributed by atoms with Crippen molar-refractivity contribution in [2.24, 2.45) is 23.3 Å². The van der Waals surface area contributed by atoms with Gasteiger partial charge >= 0.3 is 12.1 Å². The molecule has 14 atom stereocenters. The first-order valence-electron chi connectivity index (χ1n) is 30.4. The maximum absolute atomic E-state index is 14.4. The van der Waals surface area contributed by atoms with Gasteiger partial charge in [-0.1, -0.05) is 76.6 Å². The number of guanidine groups is 1. The predicted molar refractivity (Wildman–Crippen MR) is 341 cm³/mol. The van der Waals surface area contributed by atoms with Gasteiger partial charge in [0.2, 0.25) is 53.2 Å². The third-order valence-electron chi connectivity index (χ3n) is 14.3. The van der Waals surface area contributed by atoms with E-state index in [4.69, 9.17) is 35.8 Å². The summed E-state index contributed by atoms with van der Waals surface area (Å²) >= 11 is 0. The minimum Gasteiger partial charge on any atom is -0.497 e. The number of nitrogens with one attached hydrogen (secondary N) is 12. The van der Waals surface area contributed by atoms with E-state index in [0.717, 1.165) is 6.92 Å². The maximum Gasteiger partial charge on any atom is 0.408 e. The lowest BCUT2D eigenvalue weighted by molar-refractivity contribution is -0.141. The van der Waals surface area contributed by atoms with E-state index in [0.29, 0.717) is 11.3 Å². The second-order valence-corrected chi connectivity index (χ2v) is 23.7. The number of carbonyl (C=O) groups excluding carboxylic acids is 10. The van der Waals surface area contributed by atoms with Crippen molar-refractivity contribution in [3.05, 3.63) is 78.2 Å². The van der Waals surface area contributed by atoms with Crippen LogP contribution in [0.25, 0.3) is 0 Å². The van der Waals surface area contributed by atoms with Crippen LogP contribution in [-0.2, 0) is 68.8 Å². The van der Waals surface area contributed by atoms with Crippen molar-refractivity contribution in [2.75, 3.05) is 33.9 Å². The van der Waals surface area contributed by atoms with Gasteiger partial charge < -0.3 is 114 Å². The fraction of sp³-hybridized carbons (Fsp3) is 0.574. The molecule has 0 fully saturated rings. The van der Waals surface area contributed by atoms with Crippen molar-refractivity contribution in [1.82, 2.24) is 58.5 Å². The van der Waals surface area contributed by atoms with Crippen LogP contribution in [0.15, 0.2) is 67.1 Å². The summed E-state index contributed by atoms with van der Waals surface area (Å²) < 4.78 is 21.4. The number of rotatable bonds is 41. The summed E-state index contributed by atoms with van der Waals surface area (Å²) in [6, 6.07) is -1.88. The number of carbonyl (C=O) groups is 11. The molecule has 0 saturated carbocycles. The second-order valence-electron chi connectivity index (χ2n) is 23.7. The van der Waals surface area contributed by atoms with Crippen molar-refractivity contribution in [1.29, 1.82) is 5.41 Å². The summed E-state index contributed by atoms with van der Waals surface area (Å²) in [5.74, 6) is -13.5. The maximum atomic E-state index is 14.4. The lowest BCUT2D eigenvalue weighted by atomic mass is 9.96. The number of benzene rings is 2. The van der Waals surface area contributed by atoms with E-state index in [9.17, 15) is 78.3 Å². The van der Waals surface area contributed by atoms with Gasteiger partial charge in [0.15, 0.2) is 24.0 Å². The third kappa shape index (κ3) is 28.4. The zero-order valence-electron chi connectivity index (χ0n) is 55.2. The molecule has 2 unspecified atom stereocenters. The number of carboxylic acid groups (broad SMARTS) is 1. The number of methoxy groups -OCH3 is 2. The first-order chi connectivity index (χ1) is 44.5. The van der Waals surface area contributed by atoms with Crippen LogP contribution in [-0.4, -0.2) is 209 Å². The van der Waals surface area contributed by atoms with Crippen LogP contribution in [0.2, 0.25) is 0 Å². The highest BCUT2D eigenvalue weighted by atomic mass is 16.5. The van der Waals surface area contributed by atoms with E-state index in [1.165, 1.54) is 45.4 Å². The van der Waals surface area contributed by atoms with Crippen LogP contribution in [0.5, 0.6) is 5.75 Å². The van der Waals surface area contributed by atoms with Crippen molar-refractivity contribution in [3.8, 4) is 5.75 Å². The Kier molecular flexibility index (Phi) is 34.4. The molecule has 34 heteroatoms. The van der Waals surface area contributed by atoms with Gasteiger partial charge in [0.1, 0.15) is 66.4 Å². The van der Waals surface area contributed by atoms with Gasteiger partial charge in [0.25, 0.3) is 0 Å². The van der Waals surface area contributed by atoms with Crippen LogP contribution < -0.4 is 74.7 Å². The first kappa shape index (κ1) is 81.7. The second kappa shape index (κ2) is 40.0. The summed E-state index contributed by atoms with van der Waals surface area (Å²) in [6.45, 7) is 15.8. The average molecular weight is 1350 g/mol. The molecule has 0 spiro atoms. The van der Waals surface area contributed by atoms with Gasteiger partial charge in [-0.3, -0.25) is 48.6 Å². The number of nitrogens with two attached hydrogens (primary N) is 2. The van der Waals surface area contributed by atoms with E-state index in [1.807, 2.05) is 10.6 Å². The van der Waals surface area contributed by atoms with Crippen LogP contribution >= 0.6 is 0 Å². The Morgan fingerprint density at radius 3 is 1.73 bits per heavy atom. The van der Waals surface area contributed by atoms with Crippen molar-refractivity contribution < 1.29 is 97.2 Å². The zero-order chi connectivity index (χ0) is 72.0. The third-order valence-corrected chi connectivity index (χ3v) is 14.3. The molecule has 0 heterocycles. The number of aliphatic hydroxyl groups excluding tert-OH is 4. The number of carboxylic acids is 1. The monoisotopic (exact) mass is 1340 g/mol. The van der Waals surface area contributed by atoms with E-state index >= 15 is 0 Å². The Bertz CT molecular complexity index is 2920. The molecule has 21 N–H and O–H groups in total. The molecule has 2 rings (SSSR count). The number of aliphatic carboxylic acids is 1. The summed E-state index contributed by atoms with van der Waals surface area (Å²) in [4.78, 5) is 150. The highest BCUT2D eigenvalue weighted by molar-refractivity contribution is 5.99. The Hall–Kier alpha value is -9.38. The molecule has 0 saturated heterocycles. The van der Waals surface area contributed by atoms with E-state index in [1.54, 1.807) is 78.8 Å². The topological polar surface area (TPSA) is 534 Å². The number of hydrogen-bond donors (Lipinski definition) is 19. The minimum atomic E-state index is -2.55. The molecule has 0 radical (unpaired) electrons.